The first-order chi connectivity index (χ1) is 20.0. The van der Waals surface area contributed by atoms with Crippen LogP contribution in [0.5, 0.6) is 0 Å². The Morgan fingerprint density at radius 1 is 0.500 bits per heavy atom. The van der Waals surface area contributed by atoms with Crippen molar-refractivity contribution in [2.24, 2.45) is 0 Å². The van der Waals surface area contributed by atoms with Gasteiger partial charge in [0.15, 0.2) is 0 Å². The number of hydrogen-bond acceptors (Lipinski definition) is 0. The predicted molar refractivity (Wildman–Crippen MR) is 183 cm³/mol. The van der Waals surface area contributed by atoms with Gasteiger partial charge in [0, 0.05) is 25.8 Å². The van der Waals surface area contributed by atoms with Crippen molar-refractivity contribution < 1.29 is 50.7 Å². The van der Waals surface area contributed by atoms with E-state index in [0.717, 1.165) is 32.1 Å². The summed E-state index contributed by atoms with van der Waals surface area (Å²) < 4.78 is 0. The van der Waals surface area contributed by atoms with Gasteiger partial charge >= 0.3 is 0 Å². The van der Waals surface area contributed by atoms with E-state index in [1.807, 2.05) is 0 Å². The van der Waals surface area contributed by atoms with Gasteiger partial charge in [0.2, 0.25) is 0 Å². The fourth-order valence-electron chi connectivity index (χ4n) is 5.35. The van der Waals surface area contributed by atoms with Crippen LogP contribution in [0.1, 0.15) is 56.4 Å². The Balaban J connectivity index is 0.000000380. The molecule has 0 aromatic heterocycles. The molecule has 6 aromatic carbocycles. The molecule has 0 nitrogen and oxygen atoms in total. The third-order valence-electron chi connectivity index (χ3n) is 7.78. The molecule has 0 amide bonds. The van der Waals surface area contributed by atoms with Crippen LogP contribution >= 0.6 is 0 Å². The Kier molecular flexibility index (Phi) is 17.8. The average molecular weight is 786 g/mol. The van der Waals surface area contributed by atoms with E-state index in [1.54, 1.807) is 0 Å². The molecule has 0 N–H and O–H groups in total. The second kappa shape index (κ2) is 19.8. The largest absolute Gasteiger partial charge is 1.00 e. The summed E-state index contributed by atoms with van der Waals surface area (Å²) >= 11 is 0. The van der Waals surface area contributed by atoms with Crippen LogP contribution in [0.2, 0.25) is 0 Å². The van der Waals surface area contributed by atoms with Crippen LogP contribution in [-0.4, -0.2) is 0 Å². The maximum absolute atomic E-state index is 3.38. The number of halogens is 2. The molecule has 232 valence electrons. The molecule has 44 heavy (non-hydrogen) atoms. The molecule has 6 rings (SSSR count). The molecule has 0 aliphatic rings. The van der Waals surface area contributed by atoms with E-state index >= 15 is 0 Å². The second-order valence-electron chi connectivity index (χ2n) is 10.5. The number of benzene rings is 4. The number of rotatable bonds is 6. The SMILES string of the molecule is CCc1ccc(-c2cccc3[cH-]c(CC)cc23)cc1.CCc1ccc(-c2cccc3[cH-]c(CC)cc23)cc1.[CH2-]C[CH2-].[Cl-].[Cl-].[Hf]. The van der Waals surface area contributed by atoms with Gasteiger partial charge in [-0.25, -0.2) is 0 Å². The minimum absolute atomic E-state index is 0. The number of fused-ring (bicyclic) bond motifs is 2. The molecule has 0 unspecified atom stereocenters. The molecule has 6 aromatic rings. The van der Waals surface area contributed by atoms with Crippen LogP contribution in [-0.2, 0) is 51.5 Å². The Morgan fingerprint density at radius 3 is 1.14 bits per heavy atom. The van der Waals surface area contributed by atoms with Crippen molar-refractivity contribution in [1.29, 1.82) is 0 Å². The first kappa shape index (κ1) is 39.6. The van der Waals surface area contributed by atoms with E-state index in [-0.39, 0.29) is 50.7 Å². The maximum atomic E-state index is 3.38. The van der Waals surface area contributed by atoms with Crippen LogP contribution in [0.4, 0.5) is 0 Å². The molecule has 0 heterocycles. The molecule has 0 aliphatic heterocycles. The first-order valence-corrected chi connectivity index (χ1v) is 15.2. The van der Waals surface area contributed by atoms with E-state index in [2.05, 4.69) is 151 Å². The maximum Gasteiger partial charge on any atom is 0 e. The van der Waals surface area contributed by atoms with Crippen molar-refractivity contribution in [2.45, 2.75) is 59.8 Å². The van der Waals surface area contributed by atoms with Gasteiger partial charge in [-0.15, -0.1) is 69.1 Å². The molecular formula is C41H44Cl2Hf-6. The van der Waals surface area contributed by atoms with Crippen LogP contribution in [0.3, 0.4) is 0 Å². The van der Waals surface area contributed by atoms with E-state index < -0.39 is 0 Å². The minimum Gasteiger partial charge on any atom is -1.00 e. The van der Waals surface area contributed by atoms with Crippen LogP contribution < -0.4 is 24.8 Å². The molecule has 0 saturated carbocycles. The van der Waals surface area contributed by atoms with Crippen molar-refractivity contribution in [2.75, 3.05) is 0 Å². The average Bonchev–Trinajstić information content (AvgIpc) is 3.66. The van der Waals surface area contributed by atoms with Crippen molar-refractivity contribution in [3.8, 4) is 22.3 Å². The van der Waals surface area contributed by atoms with Gasteiger partial charge in [-0.3, -0.25) is 0 Å². The topological polar surface area (TPSA) is 0 Å². The zero-order chi connectivity index (χ0) is 29.2. The van der Waals surface area contributed by atoms with Gasteiger partial charge in [0.05, 0.1) is 0 Å². The standard InChI is InChI=1S/2C19H19.C3H6.2ClH.Hf/c2*1-3-14-8-10-16(11-9-14)18-7-5-6-17-12-15(4-2)13-19(17)18;1-3-2;;;/h2*5-13H,3-4H2,1-2H3;1-3H2;2*1H;/q2*-1;-2;;;/p-2. The van der Waals surface area contributed by atoms with Gasteiger partial charge in [0.25, 0.3) is 0 Å². The molecular weight excluding hydrogens is 742 g/mol. The summed E-state index contributed by atoms with van der Waals surface area (Å²) in [7, 11) is 0. The predicted octanol–water partition coefficient (Wildman–Crippen LogP) is 5.75. The van der Waals surface area contributed by atoms with Crippen molar-refractivity contribution in [3.05, 3.63) is 145 Å². The van der Waals surface area contributed by atoms with Crippen molar-refractivity contribution in [3.63, 3.8) is 0 Å². The van der Waals surface area contributed by atoms with Crippen molar-refractivity contribution >= 4 is 21.5 Å². The third kappa shape index (κ3) is 9.77. The zero-order valence-electron chi connectivity index (χ0n) is 26.6. The Bertz CT molecular complexity index is 1530. The summed E-state index contributed by atoms with van der Waals surface area (Å²) in [6.07, 6.45) is 5.15. The summed E-state index contributed by atoms with van der Waals surface area (Å²) in [4.78, 5) is 0. The van der Waals surface area contributed by atoms with E-state index in [9.17, 15) is 0 Å². The van der Waals surface area contributed by atoms with Crippen molar-refractivity contribution in [1.82, 2.24) is 0 Å². The molecule has 0 spiro atoms. The molecule has 0 fully saturated rings. The molecule has 0 atom stereocenters. The second-order valence-corrected chi connectivity index (χ2v) is 10.5. The fourth-order valence-corrected chi connectivity index (χ4v) is 5.35. The quantitative estimate of drug-likeness (QED) is 0.149. The van der Waals surface area contributed by atoms with Gasteiger partial charge < -0.3 is 45.1 Å². The van der Waals surface area contributed by atoms with E-state index in [4.69, 9.17) is 0 Å². The first-order valence-electron chi connectivity index (χ1n) is 15.2. The Morgan fingerprint density at radius 2 is 0.841 bits per heavy atom. The third-order valence-corrected chi connectivity index (χ3v) is 7.78. The smallest absolute Gasteiger partial charge is 0 e. The molecule has 0 bridgehead atoms. The van der Waals surface area contributed by atoms with Crippen LogP contribution in [0.25, 0.3) is 43.8 Å². The minimum atomic E-state index is 0. The molecule has 0 radical (unpaired) electrons. The Labute approximate surface area is 297 Å². The summed E-state index contributed by atoms with van der Waals surface area (Å²) in [5, 5.41) is 5.47. The van der Waals surface area contributed by atoms with Gasteiger partial charge in [-0.05, 0) is 47.9 Å². The summed E-state index contributed by atoms with van der Waals surface area (Å²) in [6, 6.07) is 40.4. The fraction of sp³-hybridized carbons (Fsp3) is 0.220. The molecule has 0 aliphatic carbocycles. The number of aryl methyl sites for hydroxylation is 4. The summed E-state index contributed by atoms with van der Waals surface area (Å²) in [5.74, 6) is 0. The number of hydrogen-bond donors (Lipinski definition) is 0. The summed E-state index contributed by atoms with van der Waals surface area (Å²) in [6.45, 7) is 15.6. The van der Waals surface area contributed by atoms with Gasteiger partial charge in [-0.2, -0.15) is 12.1 Å². The Hall–Kier alpha value is -2.45. The van der Waals surface area contributed by atoms with E-state index in [0.29, 0.717) is 0 Å². The van der Waals surface area contributed by atoms with Crippen LogP contribution in [0.15, 0.2) is 109 Å². The molecule has 3 heteroatoms. The molecule has 0 saturated heterocycles. The van der Waals surface area contributed by atoms with Gasteiger partial charge in [0.1, 0.15) is 0 Å². The van der Waals surface area contributed by atoms with Crippen LogP contribution in [0, 0.1) is 13.8 Å². The monoisotopic (exact) mass is 786 g/mol. The zero-order valence-corrected chi connectivity index (χ0v) is 31.7. The van der Waals surface area contributed by atoms with E-state index in [1.165, 1.54) is 66.1 Å². The normalized spacial score (nSPS) is 9.95. The van der Waals surface area contributed by atoms with Gasteiger partial charge in [-0.1, -0.05) is 99.5 Å². The summed E-state index contributed by atoms with van der Waals surface area (Å²) in [5.41, 5.74) is 11.0.